The number of methoxy groups -OCH3 is 2. The molecule has 1 fully saturated rings. The quantitative estimate of drug-likeness (QED) is 0.252. The van der Waals surface area contributed by atoms with Gasteiger partial charge < -0.3 is 19.1 Å². The Morgan fingerprint density at radius 1 is 0.846 bits per heavy atom. The van der Waals surface area contributed by atoms with Crippen LogP contribution in [-0.4, -0.2) is 33.6 Å². The van der Waals surface area contributed by atoms with E-state index >= 15 is 0 Å². The van der Waals surface area contributed by atoms with Crippen LogP contribution < -0.4 is 9.64 Å². The van der Waals surface area contributed by atoms with Gasteiger partial charge in [0.2, 0.25) is 0 Å². The Hall–Kier alpha value is -3.08. The van der Waals surface area contributed by atoms with E-state index in [-0.39, 0.29) is 6.29 Å². The van der Waals surface area contributed by atoms with Crippen molar-refractivity contribution < 1.29 is 14.2 Å². The standard InChI is InChI=1S/C35H43NO3/c1-25(2)22-30-11-10-29-23-32(39-24-26-8-6-5-7-9-26)16-17-33(29)34(30)27-12-14-31(15-13-27)36-20-18-28(19-21-36)35(37-3)38-4/h5-9,12-17,23,25,28,35H,10-11,18-22,24H2,1-4H3. The van der Waals surface area contributed by atoms with Crippen molar-refractivity contribution in [2.45, 2.75) is 58.8 Å². The first-order valence-corrected chi connectivity index (χ1v) is 14.5. The summed E-state index contributed by atoms with van der Waals surface area (Å²) in [6, 6.07) is 26.4. The Morgan fingerprint density at radius 3 is 2.23 bits per heavy atom. The van der Waals surface area contributed by atoms with E-state index in [0.717, 1.165) is 50.9 Å². The number of benzene rings is 3. The van der Waals surface area contributed by atoms with Crippen molar-refractivity contribution in [2.75, 3.05) is 32.2 Å². The lowest BCUT2D eigenvalue weighted by Gasteiger charge is -2.36. The van der Waals surface area contributed by atoms with Gasteiger partial charge in [0.1, 0.15) is 12.4 Å². The van der Waals surface area contributed by atoms with Crippen LogP contribution in [0.3, 0.4) is 0 Å². The number of allylic oxidation sites excluding steroid dienone is 1. The molecule has 0 N–H and O–H groups in total. The fraction of sp³-hybridized carbons (Fsp3) is 0.429. The molecule has 39 heavy (non-hydrogen) atoms. The summed E-state index contributed by atoms with van der Waals surface area (Å²) in [5.74, 6) is 2.04. The first-order valence-electron chi connectivity index (χ1n) is 14.5. The fourth-order valence-electron chi connectivity index (χ4n) is 6.26. The normalized spacial score (nSPS) is 16.2. The number of hydrogen-bond donors (Lipinski definition) is 0. The number of nitrogens with zero attached hydrogens (tertiary/aromatic N) is 1. The van der Waals surface area contributed by atoms with Gasteiger partial charge in [-0.25, -0.2) is 0 Å². The number of piperidine rings is 1. The molecule has 0 bridgehead atoms. The van der Waals surface area contributed by atoms with Crippen molar-refractivity contribution in [1.82, 2.24) is 0 Å². The number of aryl methyl sites for hydroxylation is 1. The average Bonchev–Trinajstić information content (AvgIpc) is 2.97. The zero-order valence-electron chi connectivity index (χ0n) is 24.0. The van der Waals surface area contributed by atoms with Gasteiger partial charge in [0.25, 0.3) is 0 Å². The van der Waals surface area contributed by atoms with Crippen molar-refractivity contribution in [3.63, 3.8) is 0 Å². The predicted octanol–water partition coefficient (Wildman–Crippen LogP) is 7.90. The van der Waals surface area contributed by atoms with Crippen LogP contribution in [-0.2, 0) is 22.5 Å². The van der Waals surface area contributed by atoms with Crippen molar-refractivity contribution in [3.05, 3.63) is 101 Å². The molecule has 0 unspecified atom stereocenters. The van der Waals surface area contributed by atoms with Crippen molar-refractivity contribution in [1.29, 1.82) is 0 Å². The second kappa shape index (κ2) is 12.8. The third-order valence-electron chi connectivity index (χ3n) is 8.21. The molecule has 206 valence electrons. The summed E-state index contributed by atoms with van der Waals surface area (Å²) in [5.41, 5.74) is 9.57. The predicted molar refractivity (Wildman–Crippen MR) is 160 cm³/mol. The second-order valence-electron chi connectivity index (χ2n) is 11.4. The molecule has 2 aliphatic rings. The summed E-state index contributed by atoms with van der Waals surface area (Å²) >= 11 is 0. The van der Waals surface area contributed by atoms with Crippen LogP contribution in [0.5, 0.6) is 5.75 Å². The lowest BCUT2D eigenvalue weighted by atomic mass is 9.79. The molecule has 0 spiro atoms. The molecule has 4 nitrogen and oxygen atoms in total. The lowest BCUT2D eigenvalue weighted by Crippen LogP contribution is -2.39. The Morgan fingerprint density at radius 2 is 1.56 bits per heavy atom. The highest BCUT2D eigenvalue weighted by molar-refractivity contribution is 5.85. The summed E-state index contributed by atoms with van der Waals surface area (Å²) in [6.45, 7) is 7.31. The molecule has 0 atom stereocenters. The molecule has 3 aromatic carbocycles. The Labute approximate surface area is 234 Å². The molecule has 0 aromatic heterocycles. The minimum Gasteiger partial charge on any atom is -0.489 e. The van der Waals surface area contributed by atoms with E-state index < -0.39 is 0 Å². The second-order valence-corrected chi connectivity index (χ2v) is 11.4. The van der Waals surface area contributed by atoms with E-state index in [4.69, 9.17) is 14.2 Å². The molecule has 4 heteroatoms. The maximum Gasteiger partial charge on any atom is 0.159 e. The fourth-order valence-corrected chi connectivity index (χ4v) is 6.26. The molecule has 1 aliphatic carbocycles. The molecule has 0 radical (unpaired) electrons. The first-order chi connectivity index (χ1) is 19.1. The molecule has 1 saturated heterocycles. The smallest absolute Gasteiger partial charge is 0.159 e. The van der Waals surface area contributed by atoms with Crippen LogP contribution >= 0.6 is 0 Å². The maximum absolute atomic E-state index is 6.17. The first kappa shape index (κ1) is 27.5. The van der Waals surface area contributed by atoms with E-state index in [1.54, 1.807) is 19.8 Å². The molecular weight excluding hydrogens is 482 g/mol. The highest BCUT2D eigenvalue weighted by Gasteiger charge is 2.27. The molecule has 5 rings (SSSR count). The van der Waals surface area contributed by atoms with E-state index in [9.17, 15) is 0 Å². The highest BCUT2D eigenvalue weighted by atomic mass is 16.7. The Balaban J connectivity index is 1.35. The van der Waals surface area contributed by atoms with Crippen LogP contribution in [0.4, 0.5) is 5.69 Å². The largest absolute Gasteiger partial charge is 0.489 e. The number of fused-ring (bicyclic) bond motifs is 1. The topological polar surface area (TPSA) is 30.9 Å². The summed E-state index contributed by atoms with van der Waals surface area (Å²) in [4.78, 5) is 2.50. The van der Waals surface area contributed by atoms with Crippen LogP contribution in [0, 0.1) is 11.8 Å². The molecule has 0 saturated carbocycles. The van der Waals surface area contributed by atoms with E-state index in [2.05, 4.69) is 85.5 Å². The summed E-state index contributed by atoms with van der Waals surface area (Å²) in [5, 5.41) is 0. The average molecular weight is 526 g/mol. The minimum atomic E-state index is -0.100. The molecule has 3 aromatic rings. The van der Waals surface area contributed by atoms with Crippen LogP contribution in [0.25, 0.3) is 5.57 Å². The van der Waals surface area contributed by atoms with Crippen molar-refractivity contribution >= 4 is 11.3 Å². The molecule has 1 heterocycles. The lowest BCUT2D eigenvalue weighted by molar-refractivity contribution is -0.141. The zero-order valence-corrected chi connectivity index (χ0v) is 24.0. The summed E-state index contributed by atoms with van der Waals surface area (Å²) < 4.78 is 17.2. The number of ether oxygens (including phenoxy) is 3. The van der Waals surface area contributed by atoms with Gasteiger partial charge in [0.15, 0.2) is 6.29 Å². The SMILES string of the molecule is COC(OC)C1CCN(c2ccc(C3=C(CC(C)C)CCc4cc(OCc5ccccc5)ccc43)cc2)CC1. The van der Waals surface area contributed by atoms with Crippen molar-refractivity contribution in [2.24, 2.45) is 11.8 Å². The number of hydrogen-bond acceptors (Lipinski definition) is 4. The third kappa shape index (κ3) is 6.57. The van der Waals surface area contributed by atoms with Crippen LogP contribution in [0.2, 0.25) is 0 Å². The van der Waals surface area contributed by atoms with Crippen LogP contribution in [0.15, 0.2) is 78.4 Å². The summed E-state index contributed by atoms with van der Waals surface area (Å²) in [6.07, 6.45) is 5.38. The van der Waals surface area contributed by atoms with Crippen molar-refractivity contribution in [3.8, 4) is 5.75 Å². The van der Waals surface area contributed by atoms with Gasteiger partial charge in [-0.3, -0.25) is 0 Å². The van der Waals surface area contributed by atoms with Gasteiger partial charge >= 0.3 is 0 Å². The van der Waals surface area contributed by atoms with Crippen LogP contribution in [0.1, 0.15) is 61.8 Å². The monoisotopic (exact) mass is 525 g/mol. The van der Waals surface area contributed by atoms with Gasteiger partial charge in [-0.15, -0.1) is 0 Å². The van der Waals surface area contributed by atoms with E-state index in [0.29, 0.717) is 18.4 Å². The van der Waals surface area contributed by atoms with Gasteiger partial charge in [-0.1, -0.05) is 68.0 Å². The Kier molecular flexibility index (Phi) is 9.06. The van der Waals surface area contributed by atoms with Gasteiger partial charge in [-0.05, 0) is 90.1 Å². The number of anilines is 1. The maximum atomic E-state index is 6.17. The van der Waals surface area contributed by atoms with E-state index in [1.165, 1.54) is 33.5 Å². The molecule has 0 amide bonds. The van der Waals surface area contributed by atoms with Gasteiger partial charge in [0, 0.05) is 38.9 Å². The number of rotatable bonds is 10. The molecular formula is C35H43NO3. The highest BCUT2D eigenvalue weighted by Crippen LogP contribution is 2.40. The minimum absolute atomic E-state index is 0.100. The summed E-state index contributed by atoms with van der Waals surface area (Å²) in [7, 11) is 3.48. The molecule has 1 aliphatic heterocycles. The third-order valence-corrected chi connectivity index (χ3v) is 8.21. The Bertz CT molecular complexity index is 1240. The zero-order chi connectivity index (χ0) is 27.2. The van der Waals surface area contributed by atoms with Gasteiger partial charge in [0.05, 0.1) is 0 Å². The van der Waals surface area contributed by atoms with Gasteiger partial charge in [-0.2, -0.15) is 0 Å². The van der Waals surface area contributed by atoms with E-state index in [1.807, 2.05) is 6.07 Å².